The average Bonchev–Trinajstić information content (AvgIpc) is 3.22. The van der Waals surface area contributed by atoms with Crippen LogP contribution in [-0.2, 0) is 9.53 Å². The number of anilines is 1. The van der Waals surface area contributed by atoms with Gasteiger partial charge < -0.3 is 19.1 Å². The lowest BCUT2D eigenvalue weighted by molar-refractivity contribution is -0.139. The molecule has 0 spiro atoms. The lowest BCUT2D eigenvalue weighted by Crippen LogP contribution is -2.40. The Hall–Kier alpha value is -3.85. The molecule has 4 rings (SSSR count). The molecule has 0 amide bonds. The van der Waals surface area contributed by atoms with Crippen LogP contribution in [0.3, 0.4) is 0 Å². The van der Waals surface area contributed by atoms with Crippen LogP contribution in [0, 0.1) is 0 Å². The maximum absolute atomic E-state index is 13.9. The molecule has 0 saturated carbocycles. The molecular formula is C29H33N3O5S. The highest BCUT2D eigenvalue weighted by molar-refractivity contribution is 7.07. The minimum Gasteiger partial charge on any atom is -0.497 e. The molecule has 0 radical (unpaired) electrons. The summed E-state index contributed by atoms with van der Waals surface area (Å²) in [5, 5.41) is 0. The normalized spacial score (nSPS) is 15.1. The summed E-state index contributed by atoms with van der Waals surface area (Å²) >= 11 is 1.31. The third kappa shape index (κ3) is 5.24. The van der Waals surface area contributed by atoms with Crippen molar-refractivity contribution in [2.24, 2.45) is 4.99 Å². The third-order valence-corrected chi connectivity index (χ3v) is 7.31. The Morgan fingerprint density at radius 2 is 1.84 bits per heavy atom. The molecule has 0 aliphatic carbocycles. The van der Waals surface area contributed by atoms with Crippen LogP contribution in [0.1, 0.15) is 43.9 Å². The first-order valence-corrected chi connectivity index (χ1v) is 13.4. The highest BCUT2D eigenvalue weighted by Gasteiger charge is 2.36. The molecule has 8 nitrogen and oxygen atoms in total. The molecule has 2 aromatic carbocycles. The first-order chi connectivity index (χ1) is 18.3. The van der Waals surface area contributed by atoms with Crippen LogP contribution in [0.15, 0.2) is 63.5 Å². The second kappa shape index (κ2) is 11.7. The van der Waals surface area contributed by atoms with E-state index in [2.05, 4.69) is 0 Å². The van der Waals surface area contributed by atoms with E-state index in [9.17, 15) is 9.59 Å². The van der Waals surface area contributed by atoms with E-state index in [1.54, 1.807) is 43.9 Å². The largest absolute Gasteiger partial charge is 0.497 e. The number of nitrogens with zero attached hydrogens (tertiary/aromatic N) is 3. The van der Waals surface area contributed by atoms with E-state index < -0.39 is 12.0 Å². The molecule has 3 aromatic rings. The molecule has 9 heteroatoms. The zero-order valence-electron chi connectivity index (χ0n) is 22.6. The molecule has 0 unspecified atom stereocenters. The number of esters is 1. The summed E-state index contributed by atoms with van der Waals surface area (Å²) in [6.07, 6.45) is 3.20. The van der Waals surface area contributed by atoms with Crippen LogP contribution < -0.4 is 29.3 Å². The molecule has 1 aliphatic rings. The number of allylic oxidation sites excluding steroid dienone is 1. The molecule has 1 aliphatic heterocycles. The summed E-state index contributed by atoms with van der Waals surface area (Å²) in [4.78, 5) is 34.7. The van der Waals surface area contributed by atoms with E-state index in [1.165, 1.54) is 11.3 Å². The first kappa shape index (κ1) is 27.2. The molecule has 0 N–H and O–H groups in total. The third-order valence-electron chi connectivity index (χ3n) is 6.33. The van der Waals surface area contributed by atoms with Gasteiger partial charge in [0.2, 0.25) is 0 Å². The number of hydrogen-bond acceptors (Lipinski definition) is 8. The van der Waals surface area contributed by atoms with Crippen LogP contribution in [-0.4, -0.2) is 45.5 Å². The van der Waals surface area contributed by atoms with Crippen molar-refractivity contribution >= 4 is 29.1 Å². The number of benzene rings is 2. The maximum atomic E-state index is 13.9. The predicted octanol–water partition coefficient (Wildman–Crippen LogP) is 3.66. The molecule has 1 atom stereocenters. The molecule has 0 saturated heterocycles. The first-order valence-electron chi connectivity index (χ1n) is 12.5. The van der Waals surface area contributed by atoms with Crippen molar-refractivity contribution in [3.05, 3.63) is 84.5 Å². The van der Waals surface area contributed by atoms with E-state index in [1.807, 2.05) is 56.3 Å². The number of hydrogen-bond donors (Lipinski definition) is 0. The van der Waals surface area contributed by atoms with Gasteiger partial charge in [-0.3, -0.25) is 9.36 Å². The Labute approximate surface area is 226 Å². The van der Waals surface area contributed by atoms with E-state index in [0.29, 0.717) is 44.1 Å². The van der Waals surface area contributed by atoms with Crippen molar-refractivity contribution in [1.29, 1.82) is 0 Å². The summed E-state index contributed by atoms with van der Waals surface area (Å²) in [5.41, 5.74) is 3.31. The zero-order chi connectivity index (χ0) is 27.4. The van der Waals surface area contributed by atoms with Crippen LogP contribution >= 0.6 is 11.3 Å². The molecule has 0 bridgehead atoms. The Kier molecular flexibility index (Phi) is 8.36. The highest BCUT2D eigenvalue weighted by Crippen LogP contribution is 2.38. The quantitative estimate of drug-likeness (QED) is 0.389. The van der Waals surface area contributed by atoms with Crippen LogP contribution in [0.25, 0.3) is 6.08 Å². The number of carbonyl (C=O) groups excluding carboxylic acids is 1. The van der Waals surface area contributed by atoms with E-state index >= 15 is 0 Å². The number of fused-ring (bicyclic) bond motifs is 1. The molecule has 1 aromatic heterocycles. The molecule has 200 valence electrons. The lowest BCUT2D eigenvalue weighted by Gasteiger charge is -2.27. The van der Waals surface area contributed by atoms with Crippen LogP contribution in [0.5, 0.6) is 11.5 Å². The maximum Gasteiger partial charge on any atom is 0.338 e. The van der Waals surface area contributed by atoms with Crippen molar-refractivity contribution in [3.63, 3.8) is 0 Å². The van der Waals surface area contributed by atoms with Gasteiger partial charge in [0.15, 0.2) is 4.80 Å². The van der Waals surface area contributed by atoms with Gasteiger partial charge in [0, 0.05) is 25.3 Å². The topological polar surface area (TPSA) is 82.4 Å². The van der Waals surface area contributed by atoms with Gasteiger partial charge in [-0.05, 0) is 55.3 Å². The standard InChI is InChI=1S/C29H33N3O5S/c1-7-9-22-25(28(34)37-8-2)26(21-17-20(35-5)14-15-23(21)36-6)32-27(33)24(38-29(32)30-22)16-18-10-12-19(13-11-18)31(3)4/h10-17,26H,7-9H2,1-6H3/b24-16+/t26-/m1/s1. The minimum absolute atomic E-state index is 0.205. The van der Waals surface area contributed by atoms with Gasteiger partial charge >= 0.3 is 5.97 Å². The number of carbonyl (C=O) groups is 1. The Morgan fingerprint density at radius 1 is 1.11 bits per heavy atom. The molecular weight excluding hydrogens is 502 g/mol. The summed E-state index contributed by atoms with van der Waals surface area (Å²) in [7, 11) is 7.10. The lowest BCUT2D eigenvalue weighted by atomic mass is 9.93. The van der Waals surface area contributed by atoms with Gasteiger partial charge in [-0.2, -0.15) is 0 Å². The summed E-state index contributed by atoms with van der Waals surface area (Å²) in [6, 6.07) is 12.5. The summed E-state index contributed by atoms with van der Waals surface area (Å²) < 4.78 is 18.7. The minimum atomic E-state index is -0.782. The smallest absolute Gasteiger partial charge is 0.338 e. The fourth-order valence-corrected chi connectivity index (χ4v) is 5.51. The summed E-state index contributed by atoms with van der Waals surface area (Å²) in [6.45, 7) is 3.99. The highest BCUT2D eigenvalue weighted by atomic mass is 32.1. The fraction of sp³-hybridized carbons (Fsp3) is 0.345. The predicted molar refractivity (Wildman–Crippen MR) is 150 cm³/mol. The van der Waals surface area contributed by atoms with Crippen molar-refractivity contribution in [2.45, 2.75) is 32.7 Å². The van der Waals surface area contributed by atoms with E-state index in [-0.39, 0.29) is 12.2 Å². The summed E-state index contributed by atoms with van der Waals surface area (Å²) in [5.74, 6) is 0.619. The average molecular weight is 536 g/mol. The number of ether oxygens (including phenoxy) is 3. The molecule has 38 heavy (non-hydrogen) atoms. The van der Waals surface area contributed by atoms with E-state index in [4.69, 9.17) is 19.2 Å². The van der Waals surface area contributed by atoms with Crippen molar-refractivity contribution in [1.82, 2.24) is 4.57 Å². The fourth-order valence-electron chi connectivity index (χ4n) is 4.49. The molecule has 0 fully saturated rings. The zero-order valence-corrected chi connectivity index (χ0v) is 23.4. The number of thiazole rings is 1. The van der Waals surface area contributed by atoms with Crippen molar-refractivity contribution < 1.29 is 19.0 Å². The number of methoxy groups -OCH3 is 2. The van der Waals surface area contributed by atoms with Gasteiger partial charge in [0.1, 0.15) is 17.5 Å². The Morgan fingerprint density at radius 3 is 2.45 bits per heavy atom. The Bertz CT molecular complexity index is 1530. The second-order valence-electron chi connectivity index (χ2n) is 9.01. The monoisotopic (exact) mass is 535 g/mol. The number of rotatable bonds is 9. The van der Waals surface area contributed by atoms with Crippen LogP contribution in [0.4, 0.5) is 5.69 Å². The second-order valence-corrected chi connectivity index (χ2v) is 10.0. The number of aromatic nitrogens is 1. The SMILES string of the molecule is CCCC1=C(C(=O)OCC)[C@@H](c2cc(OC)ccc2OC)n2c(s/c(=C/c3ccc(N(C)C)cc3)c2=O)=N1. The molecule has 2 heterocycles. The van der Waals surface area contributed by atoms with Gasteiger partial charge in [0.25, 0.3) is 5.56 Å². The van der Waals surface area contributed by atoms with Crippen molar-refractivity contribution in [3.8, 4) is 11.5 Å². The Balaban J connectivity index is 2.01. The van der Waals surface area contributed by atoms with Gasteiger partial charge in [0.05, 0.1) is 36.6 Å². The van der Waals surface area contributed by atoms with Crippen LogP contribution in [0.2, 0.25) is 0 Å². The van der Waals surface area contributed by atoms with E-state index in [0.717, 1.165) is 17.7 Å². The van der Waals surface area contributed by atoms with Crippen molar-refractivity contribution in [2.75, 3.05) is 39.8 Å². The van der Waals surface area contributed by atoms with Gasteiger partial charge in [-0.25, -0.2) is 9.79 Å². The van der Waals surface area contributed by atoms with Gasteiger partial charge in [-0.15, -0.1) is 0 Å². The van der Waals surface area contributed by atoms with Gasteiger partial charge in [-0.1, -0.05) is 36.8 Å².